The van der Waals surface area contributed by atoms with Gasteiger partial charge < -0.3 is 15.0 Å². The van der Waals surface area contributed by atoms with E-state index < -0.39 is 0 Å². The minimum atomic E-state index is -0.0405. The van der Waals surface area contributed by atoms with E-state index in [9.17, 15) is 4.79 Å². The Kier molecular flexibility index (Phi) is 4.44. The minimum absolute atomic E-state index is 0.0405. The molecule has 0 radical (unpaired) electrons. The maximum absolute atomic E-state index is 12.2. The summed E-state index contributed by atoms with van der Waals surface area (Å²) in [5, 5.41) is 4.36. The highest BCUT2D eigenvalue weighted by Crippen LogP contribution is 2.14. The zero-order chi connectivity index (χ0) is 16.2. The Hall–Kier alpha value is -2.59. The number of aryl methyl sites for hydroxylation is 1. The molecule has 1 heterocycles. The first-order valence-electron chi connectivity index (χ1n) is 7.62. The van der Waals surface area contributed by atoms with Crippen molar-refractivity contribution >= 4 is 10.9 Å². The fraction of sp³-hybridized carbons (Fsp3) is 0.211. The molecule has 0 aliphatic heterocycles. The van der Waals surface area contributed by atoms with Gasteiger partial charge in [0.25, 0.3) is 5.56 Å². The molecule has 4 nitrogen and oxygen atoms in total. The van der Waals surface area contributed by atoms with Crippen LogP contribution >= 0.6 is 0 Å². The lowest BCUT2D eigenvalue weighted by atomic mass is 10.1. The topological polar surface area (TPSA) is 54.1 Å². The lowest BCUT2D eigenvalue weighted by Crippen LogP contribution is -2.20. The Labute approximate surface area is 135 Å². The highest BCUT2D eigenvalue weighted by atomic mass is 16.5. The normalized spacial score (nSPS) is 10.9. The van der Waals surface area contributed by atoms with Gasteiger partial charge in [-0.3, -0.25) is 4.79 Å². The molecule has 0 aliphatic carbocycles. The fourth-order valence-corrected chi connectivity index (χ4v) is 2.62. The summed E-state index contributed by atoms with van der Waals surface area (Å²) in [7, 11) is 1.66. The number of hydrogen-bond acceptors (Lipinski definition) is 3. The zero-order valence-corrected chi connectivity index (χ0v) is 13.3. The van der Waals surface area contributed by atoms with Crippen molar-refractivity contribution in [2.45, 2.75) is 20.0 Å². The van der Waals surface area contributed by atoms with Gasteiger partial charge in [-0.05, 0) is 47.7 Å². The number of ether oxygens (including phenoxy) is 1. The maximum atomic E-state index is 12.2. The Balaban J connectivity index is 1.72. The summed E-state index contributed by atoms with van der Waals surface area (Å²) < 4.78 is 5.21. The first kappa shape index (κ1) is 15.3. The number of pyridine rings is 1. The van der Waals surface area contributed by atoms with E-state index >= 15 is 0 Å². The summed E-state index contributed by atoms with van der Waals surface area (Å²) in [5.41, 5.74) is 3.84. The molecule has 3 aromatic rings. The van der Waals surface area contributed by atoms with E-state index in [1.807, 2.05) is 55.5 Å². The van der Waals surface area contributed by atoms with Gasteiger partial charge in [0.05, 0.1) is 7.11 Å². The van der Waals surface area contributed by atoms with E-state index in [-0.39, 0.29) is 5.56 Å². The summed E-state index contributed by atoms with van der Waals surface area (Å²) in [6.45, 7) is 3.22. The van der Waals surface area contributed by atoms with Crippen molar-refractivity contribution in [3.63, 3.8) is 0 Å². The fourth-order valence-electron chi connectivity index (χ4n) is 2.62. The van der Waals surface area contributed by atoms with Crippen molar-refractivity contribution in [1.82, 2.24) is 10.3 Å². The highest BCUT2D eigenvalue weighted by molar-refractivity contribution is 5.79. The molecule has 0 amide bonds. The molecule has 0 unspecified atom stereocenters. The van der Waals surface area contributed by atoms with Crippen molar-refractivity contribution in [2.24, 2.45) is 0 Å². The van der Waals surface area contributed by atoms with E-state index in [0.29, 0.717) is 13.1 Å². The summed E-state index contributed by atoms with van der Waals surface area (Å²) in [4.78, 5) is 15.1. The monoisotopic (exact) mass is 308 g/mol. The second kappa shape index (κ2) is 6.67. The van der Waals surface area contributed by atoms with Crippen molar-refractivity contribution < 1.29 is 4.74 Å². The number of aromatic amines is 1. The molecule has 4 heteroatoms. The molecular formula is C19H20N2O2. The van der Waals surface area contributed by atoms with Crippen LogP contribution in [0.1, 0.15) is 16.7 Å². The van der Waals surface area contributed by atoms with Gasteiger partial charge in [-0.1, -0.05) is 24.3 Å². The van der Waals surface area contributed by atoms with Crippen LogP contribution in [0.2, 0.25) is 0 Å². The molecule has 0 spiro atoms. The predicted molar refractivity (Wildman–Crippen MR) is 92.8 cm³/mol. The van der Waals surface area contributed by atoms with Gasteiger partial charge in [0, 0.05) is 24.2 Å². The smallest absolute Gasteiger partial charge is 0.252 e. The largest absolute Gasteiger partial charge is 0.497 e. The molecule has 23 heavy (non-hydrogen) atoms. The number of fused-ring (bicyclic) bond motifs is 1. The number of methoxy groups -OCH3 is 1. The highest BCUT2D eigenvalue weighted by Gasteiger charge is 2.03. The van der Waals surface area contributed by atoms with Crippen LogP contribution in [0, 0.1) is 6.92 Å². The van der Waals surface area contributed by atoms with Gasteiger partial charge in [-0.2, -0.15) is 0 Å². The summed E-state index contributed by atoms with van der Waals surface area (Å²) in [6.07, 6.45) is 0. The van der Waals surface area contributed by atoms with Gasteiger partial charge in [0.15, 0.2) is 0 Å². The van der Waals surface area contributed by atoms with Crippen LogP contribution < -0.4 is 15.6 Å². The Morgan fingerprint density at radius 1 is 1.09 bits per heavy atom. The van der Waals surface area contributed by atoms with Crippen molar-refractivity contribution in [2.75, 3.05) is 7.11 Å². The van der Waals surface area contributed by atoms with Gasteiger partial charge in [0.1, 0.15) is 5.75 Å². The molecule has 1 aromatic heterocycles. The number of hydrogen-bond donors (Lipinski definition) is 2. The quantitative estimate of drug-likeness (QED) is 0.761. The van der Waals surface area contributed by atoms with Gasteiger partial charge >= 0.3 is 0 Å². The first-order chi connectivity index (χ1) is 11.2. The Morgan fingerprint density at radius 2 is 1.96 bits per heavy atom. The van der Waals surface area contributed by atoms with Crippen molar-refractivity contribution in [1.29, 1.82) is 0 Å². The third-order valence-electron chi connectivity index (χ3n) is 3.86. The molecule has 2 aromatic carbocycles. The lowest BCUT2D eigenvalue weighted by molar-refractivity contribution is 0.414. The molecular weight excluding hydrogens is 288 g/mol. The molecule has 0 bridgehead atoms. The van der Waals surface area contributed by atoms with Crippen LogP contribution in [0.5, 0.6) is 5.75 Å². The predicted octanol–water partition coefficient (Wildman–Crippen LogP) is 3.13. The van der Waals surface area contributed by atoms with Crippen molar-refractivity contribution in [3.05, 3.63) is 75.6 Å². The number of benzene rings is 2. The summed E-state index contributed by atoms with van der Waals surface area (Å²) in [6, 6.07) is 15.9. The third-order valence-corrected chi connectivity index (χ3v) is 3.86. The van der Waals surface area contributed by atoms with Crippen molar-refractivity contribution in [3.8, 4) is 5.75 Å². The van der Waals surface area contributed by atoms with E-state index in [4.69, 9.17) is 4.74 Å². The van der Waals surface area contributed by atoms with Crippen LogP contribution in [-0.2, 0) is 13.1 Å². The lowest BCUT2D eigenvalue weighted by Gasteiger charge is -2.07. The number of H-pyrrole nitrogens is 1. The van der Waals surface area contributed by atoms with Crippen LogP contribution in [0.25, 0.3) is 10.9 Å². The minimum Gasteiger partial charge on any atom is -0.497 e. The molecule has 0 fully saturated rings. The molecule has 3 rings (SSSR count). The van der Waals surface area contributed by atoms with Gasteiger partial charge in [-0.15, -0.1) is 0 Å². The van der Waals surface area contributed by atoms with Crippen LogP contribution in [-0.4, -0.2) is 12.1 Å². The summed E-state index contributed by atoms with van der Waals surface area (Å²) >= 11 is 0. The second-order valence-electron chi connectivity index (χ2n) is 5.67. The van der Waals surface area contributed by atoms with Gasteiger partial charge in [0.2, 0.25) is 0 Å². The summed E-state index contributed by atoms with van der Waals surface area (Å²) in [5.74, 6) is 0.836. The number of nitrogens with one attached hydrogen (secondary N) is 2. The van der Waals surface area contributed by atoms with Gasteiger partial charge in [-0.25, -0.2) is 0 Å². The second-order valence-corrected chi connectivity index (χ2v) is 5.67. The average molecular weight is 308 g/mol. The van der Waals surface area contributed by atoms with Crippen LogP contribution in [0.4, 0.5) is 0 Å². The molecule has 2 N–H and O–H groups in total. The van der Waals surface area contributed by atoms with Crippen LogP contribution in [0.3, 0.4) is 0 Å². The Morgan fingerprint density at radius 3 is 2.78 bits per heavy atom. The Bertz CT molecular complexity index is 884. The zero-order valence-electron chi connectivity index (χ0n) is 13.3. The number of aromatic nitrogens is 1. The molecule has 0 saturated heterocycles. The molecule has 118 valence electrons. The third kappa shape index (κ3) is 3.60. The SMILES string of the molecule is COc1cccc(CNCc2cc3ccc(C)cc3[nH]c2=O)c1. The standard InChI is InChI=1S/C19H20N2O2/c1-13-6-7-15-10-16(19(22)21-18(15)8-13)12-20-11-14-4-3-5-17(9-14)23-2/h3-10,20H,11-12H2,1-2H3,(H,21,22). The van der Waals surface area contributed by atoms with E-state index in [0.717, 1.165) is 33.3 Å². The first-order valence-corrected chi connectivity index (χ1v) is 7.62. The number of rotatable bonds is 5. The van der Waals surface area contributed by atoms with Crippen LogP contribution in [0.15, 0.2) is 53.3 Å². The van der Waals surface area contributed by atoms with E-state index in [1.165, 1.54) is 0 Å². The maximum Gasteiger partial charge on any atom is 0.252 e. The van der Waals surface area contributed by atoms with E-state index in [1.54, 1.807) is 7.11 Å². The molecule has 0 saturated carbocycles. The van der Waals surface area contributed by atoms with E-state index in [2.05, 4.69) is 10.3 Å². The molecule has 0 atom stereocenters. The average Bonchev–Trinajstić information content (AvgIpc) is 2.55. The molecule has 0 aliphatic rings.